The van der Waals surface area contributed by atoms with Crippen LogP contribution in [0, 0.1) is 0 Å². The Kier molecular flexibility index (Phi) is 15.4. The van der Waals surface area contributed by atoms with Crippen molar-refractivity contribution >= 4 is 0 Å². The Morgan fingerprint density at radius 1 is 0.438 bits per heavy atom. The first kappa shape index (κ1) is 36.2. The fraction of sp³-hybridized carbons (Fsp3) is 0.500. The highest BCUT2D eigenvalue weighted by atomic mass is 14.4. The van der Waals surface area contributed by atoms with Gasteiger partial charge in [0.05, 0.1) is 0 Å². The lowest BCUT2D eigenvalue weighted by Gasteiger charge is -2.38. The van der Waals surface area contributed by atoms with Crippen LogP contribution in [0.15, 0.2) is 115 Å². The molecule has 4 aromatic rings. The summed E-state index contributed by atoms with van der Waals surface area (Å²) in [4.78, 5) is 0. The molecule has 1 saturated carbocycles. The van der Waals surface area contributed by atoms with Crippen LogP contribution in [0.5, 0.6) is 0 Å². The van der Waals surface area contributed by atoms with Crippen LogP contribution >= 0.6 is 0 Å². The lowest BCUT2D eigenvalue weighted by molar-refractivity contribution is 0.346. The summed E-state index contributed by atoms with van der Waals surface area (Å²) in [6.07, 6.45) is 26.7. The van der Waals surface area contributed by atoms with Gasteiger partial charge in [-0.3, -0.25) is 0 Å². The molecule has 256 valence electrons. The molecule has 0 N–H and O–H groups in total. The SMILES string of the molecule is CCCCCCC(CCCCCC(CCCCCc1ccc(C2(c3ccccc3)CCCCC2)cc1)c1ccccc1)c1ccccc1. The molecule has 0 aromatic heterocycles. The van der Waals surface area contributed by atoms with E-state index in [4.69, 9.17) is 0 Å². The molecular formula is C48H64. The largest absolute Gasteiger partial charge is 0.0654 e. The van der Waals surface area contributed by atoms with Gasteiger partial charge in [-0.2, -0.15) is 0 Å². The molecule has 0 saturated heterocycles. The average Bonchev–Trinajstić information content (AvgIpc) is 3.16. The lowest BCUT2D eigenvalue weighted by atomic mass is 9.65. The first-order valence-electron chi connectivity index (χ1n) is 20.0. The van der Waals surface area contributed by atoms with E-state index in [1.165, 1.54) is 145 Å². The average molecular weight is 641 g/mol. The van der Waals surface area contributed by atoms with Gasteiger partial charge >= 0.3 is 0 Å². The monoisotopic (exact) mass is 641 g/mol. The van der Waals surface area contributed by atoms with Crippen molar-refractivity contribution in [3.05, 3.63) is 143 Å². The molecule has 1 fully saturated rings. The van der Waals surface area contributed by atoms with Crippen molar-refractivity contribution in [3.8, 4) is 0 Å². The van der Waals surface area contributed by atoms with Crippen molar-refractivity contribution in [1.82, 2.24) is 0 Å². The van der Waals surface area contributed by atoms with Gasteiger partial charge in [-0.1, -0.05) is 199 Å². The molecule has 0 heterocycles. The lowest BCUT2D eigenvalue weighted by Crippen LogP contribution is -2.30. The summed E-state index contributed by atoms with van der Waals surface area (Å²) in [5.74, 6) is 1.44. The van der Waals surface area contributed by atoms with Gasteiger partial charge in [-0.25, -0.2) is 0 Å². The van der Waals surface area contributed by atoms with Gasteiger partial charge in [0.1, 0.15) is 0 Å². The minimum absolute atomic E-state index is 0.211. The summed E-state index contributed by atoms with van der Waals surface area (Å²) in [7, 11) is 0. The predicted octanol–water partition coefficient (Wildman–Crippen LogP) is 14.5. The van der Waals surface area contributed by atoms with Crippen molar-refractivity contribution in [1.29, 1.82) is 0 Å². The molecule has 0 bridgehead atoms. The highest BCUT2D eigenvalue weighted by Crippen LogP contribution is 2.45. The molecule has 1 aliphatic rings. The van der Waals surface area contributed by atoms with Crippen molar-refractivity contribution < 1.29 is 0 Å². The molecule has 1 aliphatic carbocycles. The molecule has 0 nitrogen and oxygen atoms in total. The Morgan fingerprint density at radius 3 is 1.38 bits per heavy atom. The summed E-state index contributed by atoms with van der Waals surface area (Å²) in [5.41, 5.74) is 7.89. The molecule has 5 rings (SSSR count). The molecule has 2 unspecified atom stereocenters. The van der Waals surface area contributed by atoms with Crippen molar-refractivity contribution in [3.63, 3.8) is 0 Å². The van der Waals surface area contributed by atoms with E-state index >= 15 is 0 Å². The maximum absolute atomic E-state index is 2.47. The van der Waals surface area contributed by atoms with Gasteiger partial charge in [-0.05, 0) is 91.0 Å². The van der Waals surface area contributed by atoms with Gasteiger partial charge in [0.15, 0.2) is 0 Å². The van der Waals surface area contributed by atoms with Gasteiger partial charge in [0, 0.05) is 5.41 Å². The van der Waals surface area contributed by atoms with Crippen LogP contribution in [0.2, 0.25) is 0 Å². The van der Waals surface area contributed by atoms with E-state index in [1.807, 2.05) is 0 Å². The number of hydrogen-bond acceptors (Lipinski definition) is 0. The van der Waals surface area contributed by atoms with Crippen LogP contribution in [0.4, 0.5) is 0 Å². The third-order valence-corrected chi connectivity index (χ3v) is 11.6. The standard InChI is InChI=1S/C48H64/c1-2-3-4-12-25-42(44-29-16-7-17-30-44)27-14-6-15-28-43(45-31-18-8-19-32-45)26-13-5-11-24-41-35-37-47(38-36-41)48(39-22-10-23-40-48)46-33-20-9-21-34-46/h7-9,16-21,29-38,42-43H,2-6,10-15,22-28,39-40H2,1H3. The fourth-order valence-electron chi connectivity index (χ4n) is 8.73. The summed E-state index contributed by atoms with van der Waals surface area (Å²) in [6.45, 7) is 2.31. The molecule has 0 amide bonds. The van der Waals surface area contributed by atoms with Gasteiger partial charge in [0.2, 0.25) is 0 Å². The molecule has 48 heavy (non-hydrogen) atoms. The Hall–Kier alpha value is -3.12. The zero-order chi connectivity index (χ0) is 33.1. The highest BCUT2D eigenvalue weighted by molar-refractivity contribution is 5.41. The third kappa shape index (κ3) is 10.9. The summed E-state index contributed by atoms with van der Waals surface area (Å²) in [6, 6.07) is 43.9. The second kappa shape index (κ2) is 20.4. The first-order valence-corrected chi connectivity index (χ1v) is 20.0. The Morgan fingerprint density at radius 2 is 0.875 bits per heavy atom. The van der Waals surface area contributed by atoms with E-state index in [0.29, 0.717) is 5.92 Å². The maximum atomic E-state index is 2.47. The second-order valence-corrected chi connectivity index (χ2v) is 15.0. The topological polar surface area (TPSA) is 0 Å². The molecule has 4 aromatic carbocycles. The maximum Gasteiger partial charge on any atom is 0.0202 e. The normalized spacial score (nSPS) is 15.6. The molecule has 2 atom stereocenters. The van der Waals surface area contributed by atoms with E-state index in [9.17, 15) is 0 Å². The third-order valence-electron chi connectivity index (χ3n) is 11.6. The number of hydrogen-bond donors (Lipinski definition) is 0. The Balaban J connectivity index is 1.06. The van der Waals surface area contributed by atoms with E-state index in [-0.39, 0.29) is 5.41 Å². The highest BCUT2D eigenvalue weighted by Gasteiger charge is 2.35. The van der Waals surface area contributed by atoms with E-state index in [2.05, 4.69) is 122 Å². The zero-order valence-electron chi connectivity index (χ0n) is 30.3. The van der Waals surface area contributed by atoms with Gasteiger partial charge in [0.25, 0.3) is 0 Å². The smallest absolute Gasteiger partial charge is 0.0202 e. The molecular weight excluding hydrogens is 577 g/mol. The summed E-state index contributed by atoms with van der Waals surface area (Å²) >= 11 is 0. The van der Waals surface area contributed by atoms with Crippen LogP contribution in [-0.2, 0) is 11.8 Å². The zero-order valence-corrected chi connectivity index (χ0v) is 30.3. The van der Waals surface area contributed by atoms with Crippen LogP contribution in [-0.4, -0.2) is 0 Å². The molecule has 0 aliphatic heterocycles. The van der Waals surface area contributed by atoms with Crippen molar-refractivity contribution in [2.24, 2.45) is 0 Å². The summed E-state index contributed by atoms with van der Waals surface area (Å²) < 4.78 is 0. The number of benzene rings is 4. The van der Waals surface area contributed by atoms with Crippen LogP contribution in [0.1, 0.15) is 169 Å². The van der Waals surface area contributed by atoms with E-state index < -0.39 is 0 Å². The predicted molar refractivity (Wildman–Crippen MR) is 209 cm³/mol. The molecule has 0 radical (unpaired) electrons. The second-order valence-electron chi connectivity index (χ2n) is 15.0. The van der Waals surface area contributed by atoms with E-state index in [1.54, 1.807) is 11.1 Å². The van der Waals surface area contributed by atoms with Gasteiger partial charge in [-0.15, -0.1) is 0 Å². The number of rotatable bonds is 21. The number of unbranched alkanes of at least 4 members (excludes halogenated alkanes) is 7. The Bertz CT molecular complexity index is 1360. The van der Waals surface area contributed by atoms with Crippen molar-refractivity contribution in [2.45, 2.75) is 153 Å². The van der Waals surface area contributed by atoms with Crippen LogP contribution in [0.25, 0.3) is 0 Å². The van der Waals surface area contributed by atoms with E-state index in [0.717, 1.165) is 5.92 Å². The van der Waals surface area contributed by atoms with Crippen LogP contribution < -0.4 is 0 Å². The summed E-state index contributed by atoms with van der Waals surface area (Å²) in [5, 5.41) is 0. The van der Waals surface area contributed by atoms with Crippen molar-refractivity contribution in [2.75, 3.05) is 0 Å². The van der Waals surface area contributed by atoms with Gasteiger partial charge < -0.3 is 0 Å². The van der Waals surface area contributed by atoms with Crippen LogP contribution in [0.3, 0.4) is 0 Å². The first-order chi connectivity index (χ1) is 23.8. The molecule has 0 spiro atoms. The fourth-order valence-corrected chi connectivity index (χ4v) is 8.73. The minimum atomic E-state index is 0.211. The minimum Gasteiger partial charge on any atom is -0.0654 e. The Labute approximate surface area is 294 Å². The quantitative estimate of drug-likeness (QED) is 0.0795. The number of aryl methyl sites for hydroxylation is 1. The molecule has 0 heteroatoms.